The molecule has 0 bridgehead atoms. The molecule has 1 spiro atoms. The lowest BCUT2D eigenvalue weighted by Gasteiger charge is -2.32. The Kier molecular flexibility index (Phi) is 3.64. The summed E-state index contributed by atoms with van der Waals surface area (Å²) in [5.41, 5.74) is 3.31. The zero-order valence-electron chi connectivity index (χ0n) is 10.6. The molecule has 3 nitrogen and oxygen atoms in total. The molecule has 0 atom stereocenters. The lowest BCUT2D eigenvalue weighted by atomic mass is 9.74. The molecule has 1 fully saturated rings. The molecular weight excluding hydrogens is 248 g/mol. The highest BCUT2D eigenvalue weighted by molar-refractivity contribution is 6.06. The molecule has 0 saturated carbocycles. The van der Waals surface area contributed by atoms with Crippen LogP contribution in [0.1, 0.15) is 30.9 Å². The number of fused-ring (bicyclic) bond motifs is 2. The molecule has 2 N–H and O–H groups in total. The van der Waals surface area contributed by atoms with E-state index >= 15 is 0 Å². The second-order valence-corrected chi connectivity index (χ2v) is 5.02. The Hall–Kier alpha value is -1.06. The van der Waals surface area contributed by atoms with Crippen molar-refractivity contribution in [1.82, 2.24) is 5.32 Å². The van der Waals surface area contributed by atoms with E-state index in [9.17, 15) is 4.79 Å². The maximum absolute atomic E-state index is 12.3. The smallest absolute Gasteiger partial charge is 0.235 e. The number of carbonyl (C=O) groups excluding carboxylic acids is 1. The first-order valence-corrected chi connectivity index (χ1v) is 6.42. The monoisotopic (exact) mass is 266 g/mol. The van der Waals surface area contributed by atoms with Gasteiger partial charge in [0, 0.05) is 5.69 Å². The maximum atomic E-state index is 12.3. The number of benzene rings is 1. The summed E-state index contributed by atoms with van der Waals surface area (Å²) < 4.78 is 0. The van der Waals surface area contributed by atoms with Crippen molar-refractivity contribution < 1.29 is 4.79 Å². The van der Waals surface area contributed by atoms with Gasteiger partial charge in [-0.3, -0.25) is 4.79 Å². The Balaban J connectivity index is 0.00000120. The summed E-state index contributed by atoms with van der Waals surface area (Å²) in [6, 6.07) is 6.39. The highest BCUT2D eigenvalue weighted by Crippen LogP contribution is 2.44. The number of carbonyl (C=O) groups is 1. The Morgan fingerprint density at radius 2 is 2.00 bits per heavy atom. The molecule has 1 aromatic carbocycles. The molecule has 2 aliphatic rings. The summed E-state index contributed by atoms with van der Waals surface area (Å²) in [7, 11) is 0. The van der Waals surface area contributed by atoms with Crippen LogP contribution in [0.3, 0.4) is 0 Å². The lowest BCUT2D eigenvalue weighted by molar-refractivity contribution is -0.121. The molecule has 0 aromatic heterocycles. The molecule has 0 radical (unpaired) electrons. The van der Waals surface area contributed by atoms with E-state index in [1.807, 2.05) is 0 Å². The number of anilines is 1. The minimum atomic E-state index is -0.258. The number of halogens is 1. The lowest BCUT2D eigenvalue weighted by Crippen LogP contribution is -2.44. The summed E-state index contributed by atoms with van der Waals surface area (Å²) in [5, 5.41) is 6.38. The SMILES string of the molecule is CCc1ccc2c(c1)C1(CCNCC1)C(=O)N2.Cl. The molecule has 1 saturated heterocycles. The van der Waals surface area contributed by atoms with E-state index in [0.29, 0.717) is 0 Å². The van der Waals surface area contributed by atoms with Gasteiger partial charge < -0.3 is 10.6 Å². The van der Waals surface area contributed by atoms with Gasteiger partial charge in [0.2, 0.25) is 5.91 Å². The fourth-order valence-corrected chi connectivity index (χ4v) is 3.03. The van der Waals surface area contributed by atoms with Gasteiger partial charge in [0.25, 0.3) is 0 Å². The summed E-state index contributed by atoms with van der Waals surface area (Å²) in [5.74, 6) is 0.197. The summed E-state index contributed by atoms with van der Waals surface area (Å²) in [6.07, 6.45) is 2.85. The normalized spacial score (nSPS) is 20.2. The van der Waals surface area contributed by atoms with E-state index in [0.717, 1.165) is 38.0 Å². The van der Waals surface area contributed by atoms with Gasteiger partial charge in [-0.1, -0.05) is 19.1 Å². The van der Waals surface area contributed by atoms with E-state index in [2.05, 4.69) is 35.8 Å². The molecule has 1 aromatic rings. The molecule has 3 rings (SSSR count). The van der Waals surface area contributed by atoms with Crippen molar-refractivity contribution in [2.45, 2.75) is 31.6 Å². The van der Waals surface area contributed by atoms with Crippen molar-refractivity contribution >= 4 is 24.0 Å². The summed E-state index contributed by atoms with van der Waals surface area (Å²) >= 11 is 0. The Labute approximate surface area is 114 Å². The van der Waals surface area contributed by atoms with Gasteiger partial charge in [0.15, 0.2) is 0 Å². The number of aryl methyl sites for hydroxylation is 1. The van der Waals surface area contributed by atoms with Crippen LogP contribution in [0.4, 0.5) is 5.69 Å². The van der Waals surface area contributed by atoms with Gasteiger partial charge in [-0.25, -0.2) is 0 Å². The minimum Gasteiger partial charge on any atom is -0.325 e. The number of hydrogen-bond acceptors (Lipinski definition) is 2. The molecule has 2 aliphatic heterocycles. The topological polar surface area (TPSA) is 41.1 Å². The third-order valence-corrected chi connectivity index (χ3v) is 4.15. The van der Waals surface area contributed by atoms with Crippen LogP contribution in [0.25, 0.3) is 0 Å². The first-order valence-electron chi connectivity index (χ1n) is 6.42. The van der Waals surface area contributed by atoms with Crippen LogP contribution < -0.4 is 10.6 Å². The molecule has 98 valence electrons. The molecular formula is C14H19ClN2O. The van der Waals surface area contributed by atoms with Crippen molar-refractivity contribution in [2.24, 2.45) is 0 Å². The number of piperidine rings is 1. The second-order valence-electron chi connectivity index (χ2n) is 5.02. The van der Waals surface area contributed by atoms with Crippen LogP contribution in [-0.2, 0) is 16.6 Å². The highest BCUT2D eigenvalue weighted by atomic mass is 35.5. The van der Waals surface area contributed by atoms with Crippen LogP contribution in [0.2, 0.25) is 0 Å². The van der Waals surface area contributed by atoms with E-state index < -0.39 is 0 Å². The molecule has 0 unspecified atom stereocenters. The molecule has 1 amide bonds. The fraction of sp³-hybridized carbons (Fsp3) is 0.500. The van der Waals surface area contributed by atoms with Crippen LogP contribution in [0.5, 0.6) is 0 Å². The molecule has 2 heterocycles. The predicted molar refractivity (Wildman–Crippen MR) is 75.5 cm³/mol. The average Bonchev–Trinajstić information content (AvgIpc) is 2.63. The average molecular weight is 267 g/mol. The zero-order valence-corrected chi connectivity index (χ0v) is 11.4. The zero-order chi connectivity index (χ0) is 11.9. The van der Waals surface area contributed by atoms with Gasteiger partial charge in [0.1, 0.15) is 0 Å². The number of hydrogen-bond donors (Lipinski definition) is 2. The van der Waals surface area contributed by atoms with Crippen molar-refractivity contribution in [3.8, 4) is 0 Å². The molecule has 18 heavy (non-hydrogen) atoms. The number of rotatable bonds is 1. The van der Waals surface area contributed by atoms with Crippen molar-refractivity contribution in [3.05, 3.63) is 29.3 Å². The Morgan fingerprint density at radius 1 is 1.28 bits per heavy atom. The predicted octanol–water partition coefficient (Wildman–Crippen LogP) is 2.24. The van der Waals surface area contributed by atoms with E-state index in [4.69, 9.17) is 0 Å². The minimum absolute atomic E-state index is 0. The van der Waals surface area contributed by atoms with Crippen LogP contribution in [0.15, 0.2) is 18.2 Å². The van der Waals surface area contributed by atoms with Crippen LogP contribution in [-0.4, -0.2) is 19.0 Å². The van der Waals surface area contributed by atoms with E-state index in [1.165, 1.54) is 11.1 Å². The van der Waals surface area contributed by atoms with Gasteiger partial charge in [-0.05, 0) is 49.5 Å². The standard InChI is InChI=1S/C14H18N2O.ClH/c1-2-10-3-4-12-11(9-10)14(13(17)16-12)5-7-15-8-6-14;/h3-4,9,15H,2,5-8H2,1H3,(H,16,17);1H. The van der Waals surface area contributed by atoms with Crippen LogP contribution in [0, 0.1) is 0 Å². The maximum Gasteiger partial charge on any atom is 0.235 e. The van der Waals surface area contributed by atoms with Crippen molar-refractivity contribution in [1.29, 1.82) is 0 Å². The fourth-order valence-electron chi connectivity index (χ4n) is 3.03. The van der Waals surface area contributed by atoms with Gasteiger partial charge in [-0.15, -0.1) is 12.4 Å². The van der Waals surface area contributed by atoms with E-state index in [1.54, 1.807) is 0 Å². The number of amides is 1. The van der Waals surface area contributed by atoms with Crippen molar-refractivity contribution in [3.63, 3.8) is 0 Å². The van der Waals surface area contributed by atoms with Crippen molar-refractivity contribution in [2.75, 3.05) is 18.4 Å². The largest absolute Gasteiger partial charge is 0.325 e. The number of nitrogens with one attached hydrogen (secondary N) is 2. The van der Waals surface area contributed by atoms with E-state index in [-0.39, 0.29) is 23.7 Å². The molecule has 4 heteroatoms. The highest BCUT2D eigenvalue weighted by Gasteiger charge is 2.47. The summed E-state index contributed by atoms with van der Waals surface area (Å²) in [6.45, 7) is 4.02. The first kappa shape index (κ1) is 13.4. The molecule has 0 aliphatic carbocycles. The van der Waals surface area contributed by atoms with Gasteiger partial charge in [-0.2, -0.15) is 0 Å². The van der Waals surface area contributed by atoms with Crippen LogP contribution >= 0.6 is 12.4 Å². The van der Waals surface area contributed by atoms with Gasteiger partial charge in [0.05, 0.1) is 5.41 Å². The third kappa shape index (κ3) is 1.82. The summed E-state index contributed by atoms with van der Waals surface area (Å²) in [4.78, 5) is 12.3. The third-order valence-electron chi connectivity index (χ3n) is 4.15. The first-order chi connectivity index (χ1) is 8.26. The van der Waals surface area contributed by atoms with Gasteiger partial charge >= 0.3 is 0 Å². The Bertz CT molecular complexity index is 467. The Morgan fingerprint density at radius 3 is 2.67 bits per heavy atom. The quantitative estimate of drug-likeness (QED) is 0.819. The second kappa shape index (κ2) is 4.90.